The SMILES string of the molecule is Cc1cc(C(=O)N2CCCN(S(=O)(=O)c3cn(C)cn3)CC2)c(C)o1. The van der Waals surface area contributed by atoms with Crippen LogP contribution in [0.3, 0.4) is 0 Å². The zero-order chi connectivity index (χ0) is 18.2. The monoisotopic (exact) mass is 366 g/mol. The third-order valence-corrected chi connectivity index (χ3v) is 6.08. The van der Waals surface area contributed by atoms with Crippen molar-refractivity contribution in [1.29, 1.82) is 0 Å². The number of carbonyl (C=O) groups is 1. The highest BCUT2D eigenvalue weighted by Gasteiger charge is 2.30. The highest BCUT2D eigenvalue weighted by molar-refractivity contribution is 7.89. The summed E-state index contributed by atoms with van der Waals surface area (Å²) < 4.78 is 33.8. The van der Waals surface area contributed by atoms with Crippen LogP contribution < -0.4 is 0 Å². The van der Waals surface area contributed by atoms with E-state index < -0.39 is 10.0 Å². The Bertz CT molecular complexity index is 884. The first-order valence-electron chi connectivity index (χ1n) is 8.13. The van der Waals surface area contributed by atoms with Crippen molar-refractivity contribution in [2.24, 2.45) is 7.05 Å². The number of carbonyl (C=O) groups excluding carboxylic acids is 1. The van der Waals surface area contributed by atoms with E-state index in [-0.39, 0.29) is 17.5 Å². The van der Waals surface area contributed by atoms with Crippen molar-refractivity contribution >= 4 is 15.9 Å². The van der Waals surface area contributed by atoms with Gasteiger partial charge in [-0.3, -0.25) is 4.79 Å². The van der Waals surface area contributed by atoms with E-state index in [1.54, 1.807) is 36.4 Å². The van der Waals surface area contributed by atoms with E-state index in [2.05, 4.69) is 4.98 Å². The summed E-state index contributed by atoms with van der Waals surface area (Å²) in [6.07, 6.45) is 3.53. The highest BCUT2D eigenvalue weighted by atomic mass is 32.2. The van der Waals surface area contributed by atoms with Crippen LogP contribution in [0.1, 0.15) is 28.3 Å². The van der Waals surface area contributed by atoms with Crippen molar-refractivity contribution in [3.05, 3.63) is 35.7 Å². The fourth-order valence-corrected chi connectivity index (χ4v) is 4.44. The average Bonchev–Trinajstić information content (AvgIpc) is 3.03. The summed E-state index contributed by atoms with van der Waals surface area (Å²) in [5.41, 5.74) is 0.540. The van der Waals surface area contributed by atoms with Gasteiger partial charge in [-0.1, -0.05) is 0 Å². The summed E-state index contributed by atoms with van der Waals surface area (Å²) in [7, 11) is -1.91. The second-order valence-corrected chi connectivity index (χ2v) is 8.14. The average molecular weight is 366 g/mol. The minimum atomic E-state index is -3.64. The molecule has 2 aromatic heterocycles. The highest BCUT2D eigenvalue weighted by Crippen LogP contribution is 2.19. The van der Waals surface area contributed by atoms with Gasteiger partial charge in [-0.05, 0) is 26.3 Å². The van der Waals surface area contributed by atoms with Crippen LogP contribution in [0, 0.1) is 13.8 Å². The quantitative estimate of drug-likeness (QED) is 0.813. The summed E-state index contributed by atoms with van der Waals surface area (Å²) in [6, 6.07) is 1.73. The van der Waals surface area contributed by atoms with Gasteiger partial charge in [-0.15, -0.1) is 0 Å². The van der Waals surface area contributed by atoms with Crippen LogP contribution in [0.25, 0.3) is 0 Å². The lowest BCUT2D eigenvalue weighted by Crippen LogP contribution is -2.37. The molecule has 1 aliphatic rings. The molecule has 9 heteroatoms. The van der Waals surface area contributed by atoms with Gasteiger partial charge in [0.25, 0.3) is 15.9 Å². The van der Waals surface area contributed by atoms with Gasteiger partial charge in [-0.25, -0.2) is 13.4 Å². The number of amides is 1. The molecular weight excluding hydrogens is 344 g/mol. The molecule has 1 saturated heterocycles. The largest absolute Gasteiger partial charge is 0.466 e. The number of rotatable bonds is 3. The first-order chi connectivity index (χ1) is 11.8. The molecule has 2 aromatic rings. The van der Waals surface area contributed by atoms with Crippen LogP contribution in [-0.4, -0.2) is 59.3 Å². The summed E-state index contributed by atoms with van der Waals surface area (Å²) in [6.45, 7) is 5.03. The number of sulfonamides is 1. The fraction of sp³-hybridized carbons (Fsp3) is 0.500. The van der Waals surface area contributed by atoms with Gasteiger partial charge in [0.05, 0.1) is 11.9 Å². The molecule has 0 aromatic carbocycles. The van der Waals surface area contributed by atoms with Crippen molar-refractivity contribution in [2.75, 3.05) is 26.2 Å². The second-order valence-electron chi connectivity index (χ2n) is 6.25. The van der Waals surface area contributed by atoms with E-state index in [1.165, 1.54) is 16.8 Å². The standard InChI is InChI=1S/C16H22N4O4S/c1-12-9-14(13(2)24-12)16(21)19-5-4-6-20(8-7-19)25(22,23)15-10-18(3)11-17-15/h9-11H,4-8H2,1-3H3. The zero-order valence-corrected chi connectivity index (χ0v) is 15.4. The van der Waals surface area contributed by atoms with Crippen LogP contribution in [0.5, 0.6) is 0 Å². The Kier molecular flexibility index (Phi) is 4.70. The van der Waals surface area contributed by atoms with Gasteiger partial charge >= 0.3 is 0 Å². The Morgan fingerprint density at radius 3 is 2.56 bits per heavy atom. The molecule has 1 fully saturated rings. The number of hydrogen-bond acceptors (Lipinski definition) is 5. The third kappa shape index (κ3) is 3.47. The number of aromatic nitrogens is 2. The molecule has 136 valence electrons. The molecule has 0 aliphatic carbocycles. The maximum Gasteiger partial charge on any atom is 0.262 e. The van der Waals surface area contributed by atoms with Gasteiger partial charge in [0.15, 0.2) is 5.03 Å². The Hall–Kier alpha value is -2.13. The molecule has 0 saturated carbocycles. The molecule has 0 spiro atoms. The number of nitrogens with zero attached hydrogens (tertiary/aromatic N) is 4. The fourth-order valence-electron chi connectivity index (χ4n) is 3.01. The van der Waals surface area contributed by atoms with E-state index in [1.807, 2.05) is 0 Å². The Morgan fingerprint density at radius 2 is 1.96 bits per heavy atom. The van der Waals surface area contributed by atoms with Gasteiger partial charge in [0.2, 0.25) is 0 Å². The maximum absolute atomic E-state index is 12.7. The second kappa shape index (κ2) is 6.64. The number of aryl methyl sites for hydroxylation is 3. The minimum Gasteiger partial charge on any atom is -0.466 e. The van der Waals surface area contributed by atoms with Gasteiger partial charge in [0, 0.05) is 39.4 Å². The number of furan rings is 1. The van der Waals surface area contributed by atoms with Crippen LogP contribution in [0.2, 0.25) is 0 Å². The van der Waals surface area contributed by atoms with Crippen molar-refractivity contribution < 1.29 is 17.6 Å². The molecule has 3 rings (SSSR count). The zero-order valence-electron chi connectivity index (χ0n) is 14.6. The van der Waals surface area contributed by atoms with Gasteiger partial charge < -0.3 is 13.9 Å². The molecule has 0 radical (unpaired) electrons. The normalized spacial score (nSPS) is 16.8. The first-order valence-corrected chi connectivity index (χ1v) is 9.57. The van der Waals surface area contributed by atoms with Crippen molar-refractivity contribution in [3.8, 4) is 0 Å². The third-order valence-electron chi connectivity index (χ3n) is 4.30. The van der Waals surface area contributed by atoms with Crippen LogP contribution in [0.15, 0.2) is 28.0 Å². The van der Waals surface area contributed by atoms with Crippen LogP contribution in [0.4, 0.5) is 0 Å². The lowest BCUT2D eigenvalue weighted by Gasteiger charge is -2.21. The van der Waals surface area contributed by atoms with Crippen LogP contribution in [-0.2, 0) is 17.1 Å². The van der Waals surface area contributed by atoms with Crippen molar-refractivity contribution in [2.45, 2.75) is 25.3 Å². The molecule has 3 heterocycles. The minimum absolute atomic E-state index is 0.0380. The lowest BCUT2D eigenvalue weighted by molar-refractivity contribution is 0.0762. The molecular formula is C16H22N4O4S. The predicted octanol–water partition coefficient (Wildman–Crippen LogP) is 1.17. The summed E-state index contributed by atoms with van der Waals surface area (Å²) in [5.74, 6) is 1.16. The molecule has 1 aliphatic heterocycles. The van der Waals surface area contributed by atoms with E-state index in [9.17, 15) is 13.2 Å². The van der Waals surface area contributed by atoms with Crippen molar-refractivity contribution in [1.82, 2.24) is 18.8 Å². The number of imidazole rings is 1. The Morgan fingerprint density at radius 1 is 1.20 bits per heavy atom. The predicted molar refractivity (Wildman–Crippen MR) is 90.7 cm³/mol. The van der Waals surface area contributed by atoms with E-state index in [0.717, 1.165) is 0 Å². The van der Waals surface area contributed by atoms with Gasteiger partial charge in [0.1, 0.15) is 11.5 Å². The first kappa shape index (κ1) is 17.7. The Balaban J connectivity index is 1.74. The Labute approximate surface area is 147 Å². The molecule has 0 unspecified atom stereocenters. The number of hydrogen-bond donors (Lipinski definition) is 0. The summed E-state index contributed by atoms with van der Waals surface area (Å²) >= 11 is 0. The molecule has 25 heavy (non-hydrogen) atoms. The molecule has 0 atom stereocenters. The topological polar surface area (TPSA) is 88.7 Å². The molecule has 0 bridgehead atoms. The van der Waals surface area contributed by atoms with Gasteiger partial charge in [-0.2, -0.15) is 4.31 Å². The van der Waals surface area contributed by atoms with E-state index in [0.29, 0.717) is 43.1 Å². The summed E-state index contributed by atoms with van der Waals surface area (Å²) in [4.78, 5) is 18.3. The van der Waals surface area contributed by atoms with Crippen molar-refractivity contribution in [3.63, 3.8) is 0 Å². The molecule has 0 N–H and O–H groups in total. The summed E-state index contributed by atoms with van der Waals surface area (Å²) in [5, 5.41) is 0.0380. The van der Waals surface area contributed by atoms with E-state index in [4.69, 9.17) is 4.42 Å². The lowest BCUT2D eigenvalue weighted by atomic mass is 10.2. The van der Waals surface area contributed by atoms with E-state index >= 15 is 0 Å². The maximum atomic E-state index is 12.7. The molecule has 1 amide bonds. The molecule has 8 nitrogen and oxygen atoms in total. The smallest absolute Gasteiger partial charge is 0.262 e. The van der Waals surface area contributed by atoms with Crippen LogP contribution >= 0.6 is 0 Å².